The topological polar surface area (TPSA) is 43.8 Å². The van der Waals surface area contributed by atoms with Gasteiger partial charge in [-0.3, -0.25) is 4.68 Å². The molecule has 86 valence electrons. The molecule has 0 aliphatic heterocycles. The minimum atomic E-state index is 0.303. The number of hydrogen-bond acceptors (Lipinski definition) is 3. The average Bonchev–Trinajstić information content (AvgIpc) is 2.58. The Morgan fingerprint density at radius 3 is 2.80 bits per heavy atom. The predicted molar refractivity (Wildman–Crippen MR) is 67.1 cm³/mol. The zero-order valence-electron chi connectivity index (χ0n) is 9.81. The molecule has 15 heavy (non-hydrogen) atoms. The van der Waals surface area contributed by atoms with Crippen LogP contribution in [0.25, 0.3) is 0 Å². The Morgan fingerprint density at radius 2 is 2.27 bits per heavy atom. The van der Waals surface area contributed by atoms with Gasteiger partial charge in [-0.25, -0.2) is 0 Å². The van der Waals surface area contributed by atoms with Gasteiger partial charge >= 0.3 is 0 Å². The Hall–Kier alpha value is -0.480. The van der Waals surface area contributed by atoms with Crippen LogP contribution < -0.4 is 5.73 Å². The lowest BCUT2D eigenvalue weighted by atomic mass is 10.1. The fourth-order valence-electron chi connectivity index (χ4n) is 1.35. The summed E-state index contributed by atoms with van der Waals surface area (Å²) >= 11 is 1.93. The molecule has 1 aromatic heterocycles. The van der Waals surface area contributed by atoms with Crippen molar-refractivity contribution in [3.63, 3.8) is 0 Å². The Balaban J connectivity index is 2.19. The molecule has 0 fully saturated rings. The minimum Gasteiger partial charge on any atom is -0.327 e. The van der Waals surface area contributed by atoms with Crippen molar-refractivity contribution in [2.45, 2.75) is 38.0 Å². The molecule has 0 saturated heterocycles. The van der Waals surface area contributed by atoms with Crippen molar-refractivity contribution in [2.24, 2.45) is 12.8 Å². The van der Waals surface area contributed by atoms with E-state index in [1.807, 2.05) is 29.7 Å². The van der Waals surface area contributed by atoms with E-state index in [1.165, 1.54) is 5.56 Å². The van der Waals surface area contributed by atoms with E-state index < -0.39 is 0 Å². The molecule has 0 aliphatic rings. The van der Waals surface area contributed by atoms with Gasteiger partial charge in [-0.1, -0.05) is 13.8 Å². The Labute approximate surface area is 96.4 Å². The third kappa shape index (κ3) is 5.23. The van der Waals surface area contributed by atoms with Gasteiger partial charge in [-0.2, -0.15) is 16.9 Å². The minimum absolute atomic E-state index is 0.303. The molecular weight excluding hydrogens is 206 g/mol. The first kappa shape index (κ1) is 12.6. The second kappa shape index (κ2) is 6.18. The van der Waals surface area contributed by atoms with Crippen molar-refractivity contribution >= 4 is 11.8 Å². The zero-order valence-corrected chi connectivity index (χ0v) is 10.6. The van der Waals surface area contributed by atoms with Gasteiger partial charge in [0.2, 0.25) is 0 Å². The highest BCUT2D eigenvalue weighted by Gasteiger charge is 2.05. The van der Waals surface area contributed by atoms with Gasteiger partial charge in [0.05, 0.1) is 6.20 Å². The summed E-state index contributed by atoms with van der Waals surface area (Å²) < 4.78 is 1.84. The zero-order chi connectivity index (χ0) is 11.3. The van der Waals surface area contributed by atoms with E-state index in [9.17, 15) is 0 Å². The first-order chi connectivity index (χ1) is 7.08. The highest BCUT2D eigenvalue weighted by Crippen LogP contribution is 2.12. The quantitative estimate of drug-likeness (QED) is 0.806. The van der Waals surface area contributed by atoms with Gasteiger partial charge in [0.15, 0.2) is 0 Å². The van der Waals surface area contributed by atoms with Gasteiger partial charge in [0.1, 0.15) is 0 Å². The second-order valence-corrected chi connectivity index (χ2v) is 5.81. The van der Waals surface area contributed by atoms with Crippen LogP contribution in [0, 0.1) is 0 Å². The van der Waals surface area contributed by atoms with Crippen LogP contribution in [-0.4, -0.2) is 26.8 Å². The molecule has 0 spiro atoms. The first-order valence-electron chi connectivity index (χ1n) is 5.42. The Bertz CT molecular complexity index is 283. The fourth-order valence-corrected chi connectivity index (χ4v) is 2.15. The number of aryl methyl sites for hydroxylation is 2. The molecule has 0 radical (unpaired) electrons. The molecule has 1 unspecified atom stereocenters. The van der Waals surface area contributed by atoms with E-state index in [2.05, 4.69) is 25.1 Å². The van der Waals surface area contributed by atoms with E-state index in [4.69, 9.17) is 5.73 Å². The number of aromatic nitrogens is 2. The number of nitrogens with zero attached hydrogens (tertiary/aromatic N) is 2. The maximum Gasteiger partial charge on any atom is 0.0521 e. The first-order valence-corrected chi connectivity index (χ1v) is 6.47. The summed E-state index contributed by atoms with van der Waals surface area (Å²) in [7, 11) is 1.94. The van der Waals surface area contributed by atoms with Gasteiger partial charge in [0, 0.05) is 25.0 Å². The lowest BCUT2D eigenvalue weighted by Crippen LogP contribution is -2.24. The normalized spacial score (nSPS) is 13.4. The van der Waals surface area contributed by atoms with E-state index in [0.717, 1.165) is 18.6 Å². The van der Waals surface area contributed by atoms with Crippen LogP contribution in [0.15, 0.2) is 12.4 Å². The third-order valence-electron chi connectivity index (χ3n) is 2.21. The van der Waals surface area contributed by atoms with Crippen LogP contribution in [0.1, 0.15) is 25.8 Å². The van der Waals surface area contributed by atoms with Crippen LogP contribution in [-0.2, 0) is 13.5 Å². The van der Waals surface area contributed by atoms with Crippen LogP contribution in [0.4, 0.5) is 0 Å². The molecule has 1 rings (SSSR count). The third-order valence-corrected chi connectivity index (χ3v) is 3.49. The number of hydrogen-bond donors (Lipinski definition) is 1. The molecule has 2 N–H and O–H groups in total. The molecule has 0 aliphatic carbocycles. The lowest BCUT2D eigenvalue weighted by Gasteiger charge is -2.11. The maximum absolute atomic E-state index is 6.03. The summed E-state index contributed by atoms with van der Waals surface area (Å²) in [6.07, 6.45) is 6.06. The highest BCUT2D eigenvalue weighted by molar-refractivity contribution is 7.99. The molecule has 0 aromatic carbocycles. The van der Waals surface area contributed by atoms with Crippen molar-refractivity contribution < 1.29 is 0 Å². The van der Waals surface area contributed by atoms with Crippen molar-refractivity contribution in [1.29, 1.82) is 0 Å². The Kier molecular flexibility index (Phi) is 5.19. The summed E-state index contributed by atoms with van der Waals surface area (Å²) in [6, 6.07) is 0.303. The summed E-state index contributed by atoms with van der Waals surface area (Å²) in [5.41, 5.74) is 7.31. The van der Waals surface area contributed by atoms with Gasteiger partial charge in [0.25, 0.3) is 0 Å². The molecule has 0 bridgehead atoms. The van der Waals surface area contributed by atoms with E-state index in [0.29, 0.717) is 11.3 Å². The molecular formula is C11H21N3S. The van der Waals surface area contributed by atoms with Crippen molar-refractivity contribution in [2.75, 3.05) is 5.75 Å². The lowest BCUT2D eigenvalue weighted by molar-refractivity contribution is 0.673. The number of nitrogens with two attached hydrogens (primary N) is 1. The van der Waals surface area contributed by atoms with Crippen molar-refractivity contribution in [3.8, 4) is 0 Å². The van der Waals surface area contributed by atoms with Gasteiger partial charge < -0.3 is 5.73 Å². The smallest absolute Gasteiger partial charge is 0.0521 e. The SMILES string of the molecule is CC(C)SCC(N)CCc1cnn(C)c1. The Morgan fingerprint density at radius 1 is 1.53 bits per heavy atom. The molecule has 1 heterocycles. The van der Waals surface area contributed by atoms with E-state index >= 15 is 0 Å². The summed E-state index contributed by atoms with van der Waals surface area (Å²) in [4.78, 5) is 0. The molecule has 1 aromatic rings. The monoisotopic (exact) mass is 227 g/mol. The second-order valence-electron chi connectivity index (χ2n) is 4.20. The molecule has 3 nitrogen and oxygen atoms in total. The predicted octanol–water partition coefficient (Wildman–Crippen LogP) is 1.82. The highest BCUT2D eigenvalue weighted by atomic mass is 32.2. The molecule has 0 saturated carbocycles. The van der Waals surface area contributed by atoms with E-state index in [1.54, 1.807) is 0 Å². The largest absolute Gasteiger partial charge is 0.327 e. The van der Waals surface area contributed by atoms with Crippen molar-refractivity contribution in [3.05, 3.63) is 18.0 Å². The van der Waals surface area contributed by atoms with Crippen molar-refractivity contribution in [1.82, 2.24) is 9.78 Å². The standard InChI is InChI=1S/C11H21N3S/c1-9(2)15-8-11(12)5-4-10-6-13-14(3)7-10/h6-7,9,11H,4-5,8,12H2,1-3H3. The summed E-state index contributed by atoms with van der Waals surface area (Å²) in [5, 5.41) is 4.81. The van der Waals surface area contributed by atoms with Crippen LogP contribution in [0.2, 0.25) is 0 Å². The maximum atomic E-state index is 6.03. The van der Waals surface area contributed by atoms with E-state index in [-0.39, 0.29) is 0 Å². The van der Waals surface area contributed by atoms with Gasteiger partial charge in [-0.15, -0.1) is 0 Å². The summed E-state index contributed by atoms with van der Waals surface area (Å²) in [5.74, 6) is 1.05. The fraction of sp³-hybridized carbons (Fsp3) is 0.727. The van der Waals surface area contributed by atoms with Gasteiger partial charge in [-0.05, 0) is 23.7 Å². The molecule has 4 heteroatoms. The number of rotatable bonds is 6. The van der Waals surface area contributed by atoms with Crippen LogP contribution in [0.5, 0.6) is 0 Å². The van der Waals surface area contributed by atoms with Crippen LogP contribution >= 0.6 is 11.8 Å². The van der Waals surface area contributed by atoms with Crippen LogP contribution in [0.3, 0.4) is 0 Å². The molecule has 0 amide bonds. The average molecular weight is 227 g/mol. The summed E-state index contributed by atoms with van der Waals surface area (Å²) in [6.45, 7) is 4.41. The molecule has 1 atom stereocenters. The number of thioether (sulfide) groups is 1.